The summed E-state index contributed by atoms with van der Waals surface area (Å²) in [7, 11) is 4.52. The summed E-state index contributed by atoms with van der Waals surface area (Å²) < 4.78 is 21.1. The van der Waals surface area contributed by atoms with E-state index < -0.39 is 0 Å². The maximum Gasteiger partial charge on any atom is 0.251 e. The number of oxazole rings is 1. The number of aromatic nitrogens is 1. The van der Waals surface area contributed by atoms with Gasteiger partial charge >= 0.3 is 0 Å². The number of methoxy groups -OCH3 is 3. The molecule has 0 aliphatic carbocycles. The Balaban J connectivity index is 1.78. The zero-order chi connectivity index (χ0) is 17.8. The van der Waals surface area contributed by atoms with Crippen molar-refractivity contribution < 1.29 is 23.4 Å². The largest absolute Gasteiger partial charge is 0.493 e. The van der Waals surface area contributed by atoms with Crippen molar-refractivity contribution in [1.82, 2.24) is 10.3 Å². The third-order valence-corrected chi connectivity index (χ3v) is 3.78. The number of benzene rings is 2. The summed E-state index contributed by atoms with van der Waals surface area (Å²) in [6.07, 6.45) is 1.39. The highest BCUT2D eigenvalue weighted by Gasteiger charge is 2.17. The zero-order valence-electron chi connectivity index (χ0n) is 14.2. The van der Waals surface area contributed by atoms with E-state index in [1.54, 1.807) is 12.1 Å². The number of carbonyl (C=O) groups is 1. The second-order valence-electron chi connectivity index (χ2n) is 5.25. The highest BCUT2D eigenvalue weighted by Crippen LogP contribution is 2.38. The molecule has 7 nitrogen and oxygen atoms in total. The summed E-state index contributed by atoms with van der Waals surface area (Å²) in [6, 6.07) is 8.80. The van der Waals surface area contributed by atoms with E-state index in [0.29, 0.717) is 34.9 Å². The van der Waals surface area contributed by atoms with E-state index in [1.807, 2.05) is 18.2 Å². The lowest BCUT2D eigenvalue weighted by atomic mass is 10.1. The van der Waals surface area contributed by atoms with Crippen LogP contribution in [0.25, 0.3) is 11.1 Å². The maximum absolute atomic E-state index is 12.5. The molecule has 1 aromatic heterocycles. The standard InChI is InChI=1S/C18H18N2O5/c1-22-15-7-12(8-16(23-2)17(15)24-3)18(21)19-9-11-4-5-13-14(6-11)25-10-20-13/h4-8,10H,9H2,1-3H3,(H,19,21). The van der Waals surface area contributed by atoms with Crippen LogP contribution in [0.3, 0.4) is 0 Å². The first-order chi connectivity index (χ1) is 12.2. The molecule has 0 aliphatic rings. The van der Waals surface area contributed by atoms with Crippen LogP contribution in [0.1, 0.15) is 15.9 Å². The summed E-state index contributed by atoms with van der Waals surface area (Å²) in [6.45, 7) is 0.353. The second kappa shape index (κ2) is 7.12. The fourth-order valence-corrected chi connectivity index (χ4v) is 2.51. The quantitative estimate of drug-likeness (QED) is 0.742. The number of hydrogen-bond acceptors (Lipinski definition) is 6. The van der Waals surface area contributed by atoms with Gasteiger partial charge in [-0.2, -0.15) is 0 Å². The lowest BCUT2D eigenvalue weighted by Gasteiger charge is -2.14. The number of nitrogens with one attached hydrogen (secondary N) is 1. The van der Waals surface area contributed by atoms with Gasteiger partial charge in [0.1, 0.15) is 5.52 Å². The minimum Gasteiger partial charge on any atom is -0.493 e. The van der Waals surface area contributed by atoms with Crippen LogP contribution in [-0.4, -0.2) is 32.2 Å². The van der Waals surface area contributed by atoms with Gasteiger partial charge in [-0.3, -0.25) is 4.79 Å². The van der Waals surface area contributed by atoms with Gasteiger partial charge in [0.2, 0.25) is 5.75 Å². The number of fused-ring (bicyclic) bond motifs is 1. The highest BCUT2D eigenvalue weighted by atomic mass is 16.5. The molecule has 130 valence electrons. The Morgan fingerprint density at radius 3 is 2.44 bits per heavy atom. The molecule has 3 aromatic rings. The van der Waals surface area contributed by atoms with Gasteiger partial charge < -0.3 is 23.9 Å². The molecule has 1 amide bonds. The number of nitrogens with zero attached hydrogens (tertiary/aromatic N) is 1. The Morgan fingerprint density at radius 1 is 1.08 bits per heavy atom. The van der Waals surface area contributed by atoms with Crippen molar-refractivity contribution in [1.29, 1.82) is 0 Å². The van der Waals surface area contributed by atoms with Crippen molar-refractivity contribution in [3.8, 4) is 17.2 Å². The molecule has 0 aliphatic heterocycles. The van der Waals surface area contributed by atoms with Gasteiger partial charge in [-0.05, 0) is 29.8 Å². The van der Waals surface area contributed by atoms with E-state index in [-0.39, 0.29) is 5.91 Å². The number of hydrogen-bond donors (Lipinski definition) is 1. The van der Waals surface area contributed by atoms with Crippen LogP contribution in [0.2, 0.25) is 0 Å². The van der Waals surface area contributed by atoms with E-state index in [9.17, 15) is 4.79 Å². The van der Waals surface area contributed by atoms with Crippen molar-refractivity contribution in [3.05, 3.63) is 47.9 Å². The molecule has 1 heterocycles. The molecular weight excluding hydrogens is 324 g/mol. The number of amides is 1. The predicted molar refractivity (Wildman–Crippen MR) is 91.3 cm³/mol. The lowest BCUT2D eigenvalue weighted by molar-refractivity contribution is 0.0950. The van der Waals surface area contributed by atoms with Gasteiger partial charge in [0.15, 0.2) is 23.5 Å². The molecule has 0 unspecified atom stereocenters. The van der Waals surface area contributed by atoms with Crippen LogP contribution < -0.4 is 19.5 Å². The van der Waals surface area contributed by atoms with Crippen LogP contribution >= 0.6 is 0 Å². The molecule has 0 bridgehead atoms. The molecule has 0 radical (unpaired) electrons. The normalized spacial score (nSPS) is 10.5. The van der Waals surface area contributed by atoms with E-state index >= 15 is 0 Å². The molecule has 0 saturated heterocycles. The lowest BCUT2D eigenvalue weighted by Crippen LogP contribution is -2.22. The van der Waals surface area contributed by atoms with Gasteiger partial charge in [0, 0.05) is 12.1 Å². The van der Waals surface area contributed by atoms with Crippen LogP contribution in [0, 0.1) is 0 Å². The zero-order valence-corrected chi connectivity index (χ0v) is 14.2. The fraction of sp³-hybridized carbons (Fsp3) is 0.222. The van der Waals surface area contributed by atoms with Crippen molar-refractivity contribution in [2.24, 2.45) is 0 Å². The predicted octanol–water partition coefficient (Wildman–Crippen LogP) is 2.78. The Kier molecular flexibility index (Phi) is 4.74. The summed E-state index contributed by atoms with van der Waals surface area (Å²) in [4.78, 5) is 16.5. The van der Waals surface area contributed by atoms with Gasteiger partial charge in [-0.15, -0.1) is 0 Å². The summed E-state index contributed by atoms with van der Waals surface area (Å²) in [5.74, 6) is 1.04. The van der Waals surface area contributed by atoms with Gasteiger partial charge in [0.05, 0.1) is 21.3 Å². The van der Waals surface area contributed by atoms with E-state index in [1.165, 1.54) is 27.7 Å². The SMILES string of the molecule is COc1cc(C(=O)NCc2ccc3ncoc3c2)cc(OC)c1OC. The third kappa shape index (κ3) is 3.35. The van der Waals surface area contributed by atoms with Crippen LogP contribution in [0.15, 0.2) is 41.1 Å². The smallest absolute Gasteiger partial charge is 0.251 e. The second-order valence-corrected chi connectivity index (χ2v) is 5.25. The summed E-state index contributed by atoms with van der Waals surface area (Å²) in [5.41, 5.74) is 2.78. The number of rotatable bonds is 6. The Morgan fingerprint density at radius 2 is 1.80 bits per heavy atom. The molecule has 7 heteroatoms. The van der Waals surface area contributed by atoms with Crippen LogP contribution in [0.4, 0.5) is 0 Å². The maximum atomic E-state index is 12.5. The van der Waals surface area contributed by atoms with Crippen LogP contribution in [0.5, 0.6) is 17.2 Å². The molecule has 3 rings (SSSR count). The van der Waals surface area contributed by atoms with Gasteiger partial charge in [0.25, 0.3) is 5.91 Å². The first-order valence-electron chi connectivity index (χ1n) is 7.56. The average Bonchev–Trinajstić information content (AvgIpc) is 3.12. The van der Waals surface area contributed by atoms with Crippen molar-refractivity contribution in [2.75, 3.05) is 21.3 Å². The van der Waals surface area contributed by atoms with Crippen LogP contribution in [-0.2, 0) is 6.54 Å². The van der Waals surface area contributed by atoms with Crippen molar-refractivity contribution >= 4 is 17.0 Å². The minimum absolute atomic E-state index is 0.253. The molecule has 25 heavy (non-hydrogen) atoms. The fourth-order valence-electron chi connectivity index (χ4n) is 2.51. The molecule has 0 fully saturated rings. The average molecular weight is 342 g/mol. The Bertz CT molecular complexity index is 878. The monoisotopic (exact) mass is 342 g/mol. The van der Waals surface area contributed by atoms with Crippen molar-refractivity contribution in [2.45, 2.75) is 6.54 Å². The van der Waals surface area contributed by atoms with Gasteiger partial charge in [-0.25, -0.2) is 4.98 Å². The third-order valence-electron chi connectivity index (χ3n) is 3.78. The summed E-state index contributed by atoms with van der Waals surface area (Å²) in [5, 5.41) is 2.86. The topological polar surface area (TPSA) is 82.8 Å². The molecule has 0 spiro atoms. The van der Waals surface area contributed by atoms with E-state index in [4.69, 9.17) is 18.6 Å². The minimum atomic E-state index is -0.253. The Labute approximate surface area is 144 Å². The van der Waals surface area contributed by atoms with E-state index in [2.05, 4.69) is 10.3 Å². The Hall–Kier alpha value is -3.22. The van der Waals surface area contributed by atoms with Crippen molar-refractivity contribution in [3.63, 3.8) is 0 Å². The van der Waals surface area contributed by atoms with Gasteiger partial charge in [-0.1, -0.05) is 6.07 Å². The summed E-state index contributed by atoms with van der Waals surface area (Å²) >= 11 is 0. The number of carbonyl (C=O) groups excluding carboxylic acids is 1. The highest BCUT2D eigenvalue weighted by molar-refractivity contribution is 5.95. The molecule has 0 atom stereocenters. The van der Waals surface area contributed by atoms with E-state index in [0.717, 1.165) is 11.1 Å². The molecular formula is C18H18N2O5. The number of ether oxygens (including phenoxy) is 3. The molecule has 0 saturated carbocycles. The molecule has 1 N–H and O–H groups in total. The first-order valence-corrected chi connectivity index (χ1v) is 7.56. The first kappa shape index (κ1) is 16.6. The molecule has 2 aromatic carbocycles.